The van der Waals surface area contributed by atoms with Crippen LogP contribution in [0.1, 0.15) is 40.5 Å². The van der Waals surface area contributed by atoms with Gasteiger partial charge in [-0.2, -0.15) is 0 Å². The van der Waals surface area contributed by atoms with Crippen LogP contribution in [0, 0.1) is 17.8 Å². The van der Waals surface area contributed by atoms with Crippen LogP contribution < -0.4 is 0 Å². The first-order valence-electron chi connectivity index (χ1n) is 9.57. The van der Waals surface area contributed by atoms with Gasteiger partial charge in [0.25, 0.3) is 0 Å². The summed E-state index contributed by atoms with van der Waals surface area (Å²) in [4.78, 5) is 49.4. The van der Waals surface area contributed by atoms with Crippen molar-refractivity contribution < 1.29 is 33.8 Å². The quantitative estimate of drug-likeness (QED) is 0.565. The van der Waals surface area contributed by atoms with Crippen LogP contribution in [0.15, 0.2) is 36.5 Å². The molecule has 1 aliphatic carbocycles. The molecule has 1 fully saturated rings. The maximum Gasteiger partial charge on any atom is 0.334 e. The summed E-state index contributed by atoms with van der Waals surface area (Å²) in [6, 6.07) is 0. The van der Waals surface area contributed by atoms with Crippen molar-refractivity contribution in [2.24, 2.45) is 17.8 Å². The van der Waals surface area contributed by atoms with Gasteiger partial charge in [-0.1, -0.05) is 26.2 Å². The zero-order valence-corrected chi connectivity index (χ0v) is 17.3. The first-order valence-corrected chi connectivity index (χ1v) is 9.57. The van der Waals surface area contributed by atoms with E-state index in [0.29, 0.717) is 6.42 Å². The highest BCUT2D eigenvalue weighted by molar-refractivity contribution is 5.99. The van der Waals surface area contributed by atoms with Crippen molar-refractivity contribution in [1.82, 2.24) is 0 Å². The zero-order valence-electron chi connectivity index (χ0n) is 17.3. The molecule has 1 heterocycles. The van der Waals surface area contributed by atoms with Gasteiger partial charge in [0.1, 0.15) is 17.8 Å². The van der Waals surface area contributed by atoms with Gasteiger partial charge in [-0.25, -0.2) is 4.79 Å². The molecule has 29 heavy (non-hydrogen) atoms. The van der Waals surface area contributed by atoms with Crippen molar-refractivity contribution in [3.8, 4) is 0 Å². The first kappa shape index (κ1) is 22.7. The molecular weight excluding hydrogens is 376 g/mol. The number of carbonyl (C=O) groups excluding carboxylic acids is 4. The Morgan fingerprint density at radius 3 is 2.52 bits per heavy atom. The number of fused-ring (bicyclic) bond motifs is 1. The number of hydrogen-bond acceptors (Lipinski definition) is 7. The second kappa shape index (κ2) is 8.45. The molecule has 7 heteroatoms. The summed E-state index contributed by atoms with van der Waals surface area (Å²) in [6.45, 7) is 13.2. The van der Waals surface area contributed by atoms with Crippen molar-refractivity contribution in [3.63, 3.8) is 0 Å². The van der Waals surface area contributed by atoms with Crippen LogP contribution in [0.25, 0.3) is 0 Å². The Balaban J connectivity index is 2.67. The molecule has 1 N–H and O–H groups in total. The van der Waals surface area contributed by atoms with E-state index in [-0.39, 0.29) is 29.3 Å². The lowest BCUT2D eigenvalue weighted by Crippen LogP contribution is -2.53. The molecule has 1 aliphatic heterocycles. The van der Waals surface area contributed by atoms with Crippen LogP contribution in [0.2, 0.25) is 0 Å². The van der Waals surface area contributed by atoms with Gasteiger partial charge in [-0.15, -0.1) is 0 Å². The lowest BCUT2D eigenvalue weighted by Gasteiger charge is -2.40. The lowest BCUT2D eigenvalue weighted by molar-refractivity contribution is -0.168. The van der Waals surface area contributed by atoms with Crippen molar-refractivity contribution in [2.75, 3.05) is 0 Å². The van der Waals surface area contributed by atoms with Crippen molar-refractivity contribution >= 4 is 23.5 Å². The summed E-state index contributed by atoms with van der Waals surface area (Å²) in [7, 11) is 0. The Labute approximate surface area is 170 Å². The molecule has 6 atom stereocenters. The Morgan fingerprint density at radius 2 is 1.97 bits per heavy atom. The van der Waals surface area contributed by atoms with Gasteiger partial charge in [-0.05, 0) is 37.8 Å². The number of aliphatic hydroxyl groups is 1. The van der Waals surface area contributed by atoms with Crippen molar-refractivity contribution in [1.29, 1.82) is 0 Å². The maximum atomic E-state index is 12.8. The molecule has 0 aromatic rings. The van der Waals surface area contributed by atoms with E-state index >= 15 is 0 Å². The fourth-order valence-corrected chi connectivity index (χ4v) is 3.91. The summed E-state index contributed by atoms with van der Waals surface area (Å²) < 4.78 is 11.0. The number of esters is 2. The molecule has 2 rings (SSSR count). The highest BCUT2D eigenvalue weighted by atomic mass is 16.6. The Bertz CT molecular complexity index is 789. The number of hydrogen-bond donors (Lipinski definition) is 1. The highest BCUT2D eigenvalue weighted by Crippen LogP contribution is 2.42. The molecule has 0 aromatic heterocycles. The molecule has 0 amide bonds. The molecule has 0 aromatic carbocycles. The predicted molar refractivity (Wildman–Crippen MR) is 105 cm³/mol. The second-order valence-corrected chi connectivity index (χ2v) is 8.17. The summed E-state index contributed by atoms with van der Waals surface area (Å²) >= 11 is 0. The minimum atomic E-state index is -2.03. The summed E-state index contributed by atoms with van der Waals surface area (Å²) in [5, 5.41) is 11.2. The molecule has 1 saturated heterocycles. The van der Waals surface area contributed by atoms with E-state index in [1.54, 1.807) is 6.08 Å². The second-order valence-electron chi connectivity index (χ2n) is 8.17. The molecule has 0 spiro atoms. The molecule has 0 unspecified atom stereocenters. The van der Waals surface area contributed by atoms with Crippen LogP contribution in [0.4, 0.5) is 0 Å². The van der Waals surface area contributed by atoms with Gasteiger partial charge in [0.15, 0.2) is 11.6 Å². The molecule has 158 valence electrons. The Kier molecular flexibility index (Phi) is 6.63. The third kappa shape index (κ3) is 4.72. The summed E-state index contributed by atoms with van der Waals surface area (Å²) in [6.07, 6.45) is 1.16. The SMILES string of the molecule is C=C(C)C(=O)C[C@@H]1[C@@H](OC(C)=O)[C@H]2C(=C)C(=O)O[C@@H]2C[C@@H](C)/C=C\C(=O)[C@@]1(C)O. The number of carbonyl (C=O) groups is 4. The highest BCUT2D eigenvalue weighted by Gasteiger charge is 2.54. The average molecular weight is 404 g/mol. The minimum Gasteiger partial charge on any atom is -0.461 e. The smallest absolute Gasteiger partial charge is 0.334 e. The zero-order chi connectivity index (χ0) is 22.1. The monoisotopic (exact) mass is 404 g/mol. The van der Waals surface area contributed by atoms with E-state index in [1.165, 1.54) is 26.8 Å². The van der Waals surface area contributed by atoms with E-state index < -0.39 is 47.4 Å². The number of ketones is 2. The van der Waals surface area contributed by atoms with Gasteiger partial charge in [0.05, 0.1) is 5.92 Å². The number of allylic oxidation sites excluding steroid dienone is 2. The predicted octanol–water partition coefficient (Wildman–Crippen LogP) is 2.08. The van der Waals surface area contributed by atoms with Crippen molar-refractivity contribution in [2.45, 2.75) is 58.3 Å². The van der Waals surface area contributed by atoms with E-state index in [1.807, 2.05) is 6.92 Å². The third-order valence-corrected chi connectivity index (χ3v) is 5.66. The van der Waals surface area contributed by atoms with E-state index in [4.69, 9.17) is 9.47 Å². The van der Waals surface area contributed by atoms with Gasteiger partial charge in [0.2, 0.25) is 0 Å². The van der Waals surface area contributed by atoms with Crippen LogP contribution in [0.5, 0.6) is 0 Å². The molecule has 0 bridgehead atoms. The van der Waals surface area contributed by atoms with Gasteiger partial charge < -0.3 is 14.6 Å². The van der Waals surface area contributed by atoms with Crippen LogP contribution in [-0.4, -0.2) is 46.4 Å². The van der Waals surface area contributed by atoms with Crippen LogP contribution in [0.3, 0.4) is 0 Å². The summed E-state index contributed by atoms with van der Waals surface area (Å²) in [5.74, 6) is -4.35. The fourth-order valence-electron chi connectivity index (χ4n) is 3.91. The lowest BCUT2D eigenvalue weighted by atomic mass is 9.70. The fraction of sp³-hybridized carbons (Fsp3) is 0.545. The Hall–Kier alpha value is -2.54. The number of rotatable bonds is 4. The van der Waals surface area contributed by atoms with Crippen molar-refractivity contribution in [3.05, 3.63) is 36.5 Å². The largest absolute Gasteiger partial charge is 0.461 e. The standard InChI is InChI=1S/C22H28O7/c1-11(2)16(24)10-15-20(28-14(5)23)19-13(4)21(26)29-17(19)9-12(3)7-8-18(25)22(15,6)27/h7-8,12,15,17,19-20,27H,1,4,9-10H2,2-3,5-6H3/b8-7-/t12-,15+,17+,19-,20+,22-/m0/s1. The molecule has 0 radical (unpaired) electrons. The first-order chi connectivity index (χ1) is 13.4. The summed E-state index contributed by atoms with van der Waals surface area (Å²) in [5.41, 5.74) is -1.70. The van der Waals surface area contributed by atoms with E-state index in [2.05, 4.69) is 13.2 Å². The Morgan fingerprint density at radius 1 is 1.34 bits per heavy atom. The average Bonchev–Trinajstić information content (AvgIpc) is 2.88. The topological polar surface area (TPSA) is 107 Å². The van der Waals surface area contributed by atoms with Crippen LogP contribution >= 0.6 is 0 Å². The van der Waals surface area contributed by atoms with E-state index in [9.17, 15) is 24.3 Å². The number of ether oxygens (including phenoxy) is 2. The number of Topliss-reactive ketones (excluding diaryl/α,β-unsaturated/α-hetero) is 1. The molecule has 0 saturated carbocycles. The molecule has 2 aliphatic rings. The van der Waals surface area contributed by atoms with Crippen LogP contribution in [-0.2, 0) is 28.7 Å². The maximum absolute atomic E-state index is 12.8. The van der Waals surface area contributed by atoms with E-state index in [0.717, 1.165) is 0 Å². The third-order valence-electron chi connectivity index (χ3n) is 5.66. The van der Waals surface area contributed by atoms with Gasteiger partial charge >= 0.3 is 11.9 Å². The molecule has 7 nitrogen and oxygen atoms in total. The normalized spacial score (nSPS) is 36.0. The van der Waals surface area contributed by atoms with Gasteiger partial charge in [0, 0.05) is 24.8 Å². The van der Waals surface area contributed by atoms with Gasteiger partial charge in [-0.3, -0.25) is 14.4 Å². The molecular formula is C22H28O7. The minimum absolute atomic E-state index is 0.0917.